The number of fused-ring (bicyclic) bond motifs is 1. The van der Waals surface area contributed by atoms with Crippen LogP contribution >= 0.6 is 23.2 Å². The maximum Gasteiger partial charge on any atom is 0.293 e. The normalized spacial score (nSPS) is 16.6. The molecular formula is C23H21Cl2N5O2. The molecule has 1 aliphatic heterocycles. The summed E-state index contributed by atoms with van der Waals surface area (Å²) in [5.41, 5.74) is 2.12. The van der Waals surface area contributed by atoms with Crippen LogP contribution in [0.2, 0.25) is 10.0 Å². The van der Waals surface area contributed by atoms with E-state index in [1.165, 1.54) is 0 Å². The number of aryl methyl sites for hydroxylation is 1. The average Bonchev–Trinajstić information content (AvgIpc) is 3.43. The molecule has 1 unspecified atom stereocenters. The smallest absolute Gasteiger partial charge is 0.293 e. The number of piperidine rings is 1. The number of nitrogens with zero attached hydrogens (tertiary/aromatic N) is 5. The van der Waals surface area contributed by atoms with Crippen LogP contribution in [0, 0.1) is 0 Å². The van der Waals surface area contributed by atoms with E-state index in [1.807, 2.05) is 31.2 Å². The van der Waals surface area contributed by atoms with Gasteiger partial charge in [0.15, 0.2) is 11.5 Å². The number of para-hydroxylation sites is 3. The summed E-state index contributed by atoms with van der Waals surface area (Å²) in [5.74, 6) is 1.24. The number of halogens is 2. The summed E-state index contributed by atoms with van der Waals surface area (Å²) in [6, 6.07) is 12.9. The molecule has 2 aromatic heterocycles. The monoisotopic (exact) mass is 469 g/mol. The number of hydrogen-bond donors (Lipinski definition) is 0. The Morgan fingerprint density at radius 1 is 1.12 bits per heavy atom. The van der Waals surface area contributed by atoms with Gasteiger partial charge in [-0.1, -0.05) is 48.3 Å². The Hall–Kier alpha value is -2.90. The Balaban J connectivity index is 1.42. The average molecular weight is 470 g/mol. The number of aromatic nitrogens is 4. The van der Waals surface area contributed by atoms with E-state index in [9.17, 15) is 4.79 Å². The Bertz CT molecular complexity index is 1250. The van der Waals surface area contributed by atoms with Crippen LogP contribution in [0.3, 0.4) is 0 Å². The number of benzene rings is 2. The van der Waals surface area contributed by atoms with Gasteiger partial charge < -0.3 is 9.32 Å². The fraction of sp³-hybridized carbons (Fsp3) is 0.304. The quantitative estimate of drug-likeness (QED) is 0.405. The molecule has 0 aliphatic carbocycles. The highest BCUT2D eigenvalue weighted by atomic mass is 35.5. The largest absolute Gasteiger partial charge is 0.440 e. The Labute approximate surface area is 195 Å². The summed E-state index contributed by atoms with van der Waals surface area (Å²) in [6.45, 7) is 3.09. The highest BCUT2D eigenvalue weighted by Gasteiger charge is 2.31. The molecule has 1 amide bonds. The molecule has 1 saturated heterocycles. The van der Waals surface area contributed by atoms with Crippen molar-refractivity contribution in [3.63, 3.8) is 0 Å². The second-order valence-electron chi connectivity index (χ2n) is 7.80. The van der Waals surface area contributed by atoms with E-state index in [0.717, 1.165) is 23.9 Å². The van der Waals surface area contributed by atoms with E-state index in [0.29, 0.717) is 47.0 Å². The fourth-order valence-electron chi connectivity index (χ4n) is 4.10. The first-order valence-electron chi connectivity index (χ1n) is 10.6. The zero-order valence-electron chi connectivity index (χ0n) is 17.5. The second kappa shape index (κ2) is 8.56. The predicted octanol–water partition coefficient (Wildman–Crippen LogP) is 5.30. The minimum Gasteiger partial charge on any atom is -0.440 e. The highest BCUT2D eigenvalue weighted by molar-refractivity contribution is 6.37. The summed E-state index contributed by atoms with van der Waals surface area (Å²) < 4.78 is 7.52. The van der Waals surface area contributed by atoms with Crippen molar-refractivity contribution < 1.29 is 9.21 Å². The first kappa shape index (κ1) is 21.0. The Kier molecular flexibility index (Phi) is 5.61. The second-order valence-corrected chi connectivity index (χ2v) is 8.61. The molecule has 3 heterocycles. The molecule has 4 aromatic rings. The van der Waals surface area contributed by atoms with Crippen molar-refractivity contribution in [3.8, 4) is 5.69 Å². The SMILES string of the molecule is CCc1nc(C(=O)N2CCCC(c3nc4ccccc4o3)C2)nn1-c1c(Cl)cccc1Cl. The molecule has 0 saturated carbocycles. The van der Waals surface area contributed by atoms with Gasteiger partial charge in [0.1, 0.15) is 17.0 Å². The van der Waals surface area contributed by atoms with Crippen molar-refractivity contribution in [1.29, 1.82) is 0 Å². The third-order valence-corrected chi connectivity index (χ3v) is 6.31. The van der Waals surface area contributed by atoms with E-state index in [-0.39, 0.29) is 17.6 Å². The van der Waals surface area contributed by atoms with Crippen molar-refractivity contribution in [2.45, 2.75) is 32.1 Å². The summed E-state index contributed by atoms with van der Waals surface area (Å²) in [6.07, 6.45) is 2.34. The molecule has 164 valence electrons. The number of carbonyl (C=O) groups excluding carboxylic acids is 1. The molecule has 1 atom stereocenters. The number of oxazole rings is 1. The van der Waals surface area contributed by atoms with Crippen LogP contribution in [0.4, 0.5) is 0 Å². The van der Waals surface area contributed by atoms with Crippen molar-refractivity contribution in [2.24, 2.45) is 0 Å². The molecule has 32 heavy (non-hydrogen) atoms. The number of amides is 1. The first-order chi connectivity index (χ1) is 15.5. The number of carbonyl (C=O) groups is 1. The van der Waals surface area contributed by atoms with E-state index in [1.54, 1.807) is 27.8 Å². The van der Waals surface area contributed by atoms with E-state index >= 15 is 0 Å². The summed E-state index contributed by atoms with van der Waals surface area (Å²) in [7, 11) is 0. The molecular weight excluding hydrogens is 449 g/mol. The summed E-state index contributed by atoms with van der Waals surface area (Å²) in [4.78, 5) is 24.2. The van der Waals surface area contributed by atoms with Crippen LogP contribution in [-0.4, -0.2) is 43.6 Å². The third-order valence-electron chi connectivity index (χ3n) is 5.70. The Morgan fingerprint density at radius 3 is 2.66 bits per heavy atom. The van der Waals surface area contributed by atoms with Crippen LogP contribution in [0.15, 0.2) is 46.9 Å². The molecule has 0 spiro atoms. The fourth-order valence-corrected chi connectivity index (χ4v) is 4.66. The third kappa shape index (κ3) is 3.76. The molecule has 2 aromatic carbocycles. The topological polar surface area (TPSA) is 77.1 Å². The standard InChI is InChI=1S/C23H21Cl2N5O2/c1-2-19-27-21(28-30(19)20-15(24)8-5-9-16(20)25)23(31)29-12-6-7-14(13-29)22-26-17-10-3-4-11-18(17)32-22/h3-5,8-11,14H,2,6-7,12-13H2,1H3. The van der Waals surface area contributed by atoms with Crippen LogP contribution in [0.1, 0.15) is 48.0 Å². The minimum absolute atomic E-state index is 0.0332. The van der Waals surface area contributed by atoms with E-state index < -0.39 is 0 Å². The molecule has 1 fully saturated rings. The van der Waals surface area contributed by atoms with Crippen LogP contribution < -0.4 is 0 Å². The van der Waals surface area contributed by atoms with Gasteiger partial charge in [0.2, 0.25) is 5.82 Å². The van der Waals surface area contributed by atoms with Gasteiger partial charge in [-0.2, -0.15) is 0 Å². The van der Waals surface area contributed by atoms with Crippen molar-refractivity contribution >= 4 is 40.2 Å². The summed E-state index contributed by atoms with van der Waals surface area (Å²) in [5, 5.41) is 5.39. The lowest BCUT2D eigenvalue weighted by molar-refractivity contribution is 0.0686. The van der Waals surface area contributed by atoms with Gasteiger partial charge in [-0.3, -0.25) is 4.79 Å². The maximum absolute atomic E-state index is 13.3. The van der Waals surface area contributed by atoms with Gasteiger partial charge in [0, 0.05) is 19.5 Å². The molecule has 0 radical (unpaired) electrons. The van der Waals surface area contributed by atoms with Crippen molar-refractivity contribution in [1.82, 2.24) is 24.6 Å². The van der Waals surface area contributed by atoms with Gasteiger partial charge >= 0.3 is 0 Å². The number of likely N-dealkylation sites (tertiary alicyclic amines) is 1. The van der Waals surface area contributed by atoms with Crippen LogP contribution in [0.25, 0.3) is 16.8 Å². The van der Waals surface area contributed by atoms with E-state index in [2.05, 4.69) is 15.1 Å². The number of rotatable bonds is 4. The zero-order valence-corrected chi connectivity index (χ0v) is 19.0. The predicted molar refractivity (Wildman–Crippen MR) is 123 cm³/mol. The number of hydrogen-bond acceptors (Lipinski definition) is 5. The highest BCUT2D eigenvalue weighted by Crippen LogP contribution is 2.31. The first-order valence-corrected chi connectivity index (χ1v) is 11.4. The van der Waals surface area contributed by atoms with Crippen LogP contribution in [-0.2, 0) is 6.42 Å². The molecule has 5 rings (SSSR count). The lowest BCUT2D eigenvalue weighted by Gasteiger charge is -2.30. The maximum atomic E-state index is 13.3. The van der Waals surface area contributed by atoms with Crippen molar-refractivity contribution in [3.05, 3.63) is 70.0 Å². The lowest BCUT2D eigenvalue weighted by Crippen LogP contribution is -2.39. The van der Waals surface area contributed by atoms with Gasteiger partial charge in [-0.05, 0) is 37.1 Å². The summed E-state index contributed by atoms with van der Waals surface area (Å²) >= 11 is 12.7. The van der Waals surface area contributed by atoms with Crippen LogP contribution in [0.5, 0.6) is 0 Å². The minimum atomic E-state index is -0.220. The van der Waals surface area contributed by atoms with Crippen molar-refractivity contribution in [2.75, 3.05) is 13.1 Å². The molecule has 1 aliphatic rings. The molecule has 7 nitrogen and oxygen atoms in total. The molecule has 0 bridgehead atoms. The van der Waals surface area contributed by atoms with Gasteiger partial charge in [-0.15, -0.1) is 5.10 Å². The zero-order chi connectivity index (χ0) is 22.2. The molecule has 9 heteroatoms. The van der Waals surface area contributed by atoms with Gasteiger partial charge in [-0.25, -0.2) is 14.6 Å². The Morgan fingerprint density at radius 2 is 1.91 bits per heavy atom. The van der Waals surface area contributed by atoms with Gasteiger partial charge in [0.25, 0.3) is 5.91 Å². The molecule has 0 N–H and O–H groups in total. The lowest BCUT2D eigenvalue weighted by atomic mass is 9.98. The van der Waals surface area contributed by atoms with Gasteiger partial charge in [0.05, 0.1) is 16.0 Å². The van der Waals surface area contributed by atoms with E-state index in [4.69, 9.17) is 27.6 Å².